The van der Waals surface area contributed by atoms with Gasteiger partial charge in [-0.05, 0) is 35.4 Å². The van der Waals surface area contributed by atoms with Crippen molar-refractivity contribution < 1.29 is 33.9 Å². The van der Waals surface area contributed by atoms with Crippen LogP contribution >= 0.6 is 0 Å². The Hall–Kier alpha value is -4.77. The van der Waals surface area contributed by atoms with E-state index in [2.05, 4.69) is 5.32 Å². The Labute approximate surface area is 223 Å². The number of ether oxygens (including phenoxy) is 2. The fourth-order valence-corrected chi connectivity index (χ4v) is 5.66. The first-order valence-electron chi connectivity index (χ1n) is 12.1. The van der Waals surface area contributed by atoms with Crippen LogP contribution in [0.5, 0.6) is 11.5 Å². The van der Waals surface area contributed by atoms with Crippen LogP contribution in [0.15, 0.2) is 72.8 Å². The number of amides is 2. The molecule has 2 amide bonds. The number of methoxy groups -OCH3 is 2. The van der Waals surface area contributed by atoms with Crippen LogP contribution in [-0.4, -0.2) is 47.6 Å². The Morgan fingerprint density at radius 3 is 2.23 bits per heavy atom. The van der Waals surface area contributed by atoms with Crippen LogP contribution in [0.2, 0.25) is 0 Å². The van der Waals surface area contributed by atoms with Crippen molar-refractivity contribution >= 4 is 29.2 Å². The Bertz CT molecular complexity index is 1460. The largest absolute Gasteiger partial charge is 0.497 e. The van der Waals surface area contributed by atoms with E-state index in [1.807, 2.05) is 0 Å². The Balaban J connectivity index is 1.67. The van der Waals surface area contributed by atoms with Crippen molar-refractivity contribution in [1.82, 2.24) is 5.32 Å². The minimum Gasteiger partial charge on any atom is -0.497 e. The summed E-state index contributed by atoms with van der Waals surface area (Å²) in [5.41, 5.74) is -1.38. The van der Waals surface area contributed by atoms with Crippen molar-refractivity contribution in [1.29, 1.82) is 0 Å². The molecule has 0 bridgehead atoms. The summed E-state index contributed by atoms with van der Waals surface area (Å²) in [7, 11) is 2.85. The molecule has 4 atom stereocenters. The molecule has 0 radical (unpaired) electrons. The van der Waals surface area contributed by atoms with Crippen LogP contribution < -0.4 is 19.7 Å². The van der Waals surface area contributed by atoms with Gasteiger partial charge in [0.25, 0.3) is 5.69 Å². The molecule has 0 unspecified atom stereocenters. The number of fused-ring (bicyclic) bond motifs is 1. The highest BCUT2D eigenvalue weighted by Gasteiger charge is 2.69. The number of carboxylic acids is 1. The molecule has 11 nitrogen and oxygen atoms in total. The lowest BCUT2D eigenvalue weighted by Gasteiger charge is -2.31. The highest BCUT2D eigenvalue weighted by Crippen LogP contribution is 2.52. The van der Waals surface area contributed by atoms with E-state index in [0.29, 0.717) is 16.9 Å². The lowest BCUT2D eigenvalue weighted by atomic mass is 9.76. The number of nitro benzene ring substituents is 1. The zero-order chi connectivity index (χ0) is 27.9. The molecular weight excluding hydrogens is 506 g/mol. The average molecular weight is 532 g/mol. The molecule has 2 aliphatic heterocycles. The average Bonchev–Trinajstić information content (AvgIpc) is 3.42. The minimum absolute atomic E-state index is 0.0887. The van der Waals surface area contributed by atoms with Gasteiger partial charge in [-0.3, -0.25) is 29.8 Å². The normalized spacial score (nSPS) is 23.9. The number of imide groups is 1. The molecule has 39 heavy (non-hydrogen) atoms. The van der Waals surface area contributed by atoms with E-state index < -0.39 is 51.8 Å². The van der Waals surface area contributed by atoms with Gasteiger partial charge >= 0.3 is 5.97 Å². The number of rotatable bonds is 8. The lowest BCUT2D eigenvalue weighted by molar-refractivity contribution is -0.384. The summed E-state index contributed by atoms with van der Waals surface area (Å²) < 4.78 is 10.3. The van der Waals surface area contributed by atoms with Gasteiger partial charge in [-0.1, -0.05) is 42.5 Å². The SMILES string of the molecule is COc1ccc([C@@H]2N[C@](Cc3ccccc3)(C(=O)O)[C@@H]3C(=O)N(c4ccc(OC)cc4[N+](=O)[O-])C(=O)[C@@H]32)cc1. The molecule has 5 rings (SSSR count). The van der Waals surface area contributed by atoms with E-state index in [0.717, 1.165) is 11.0 Å². The molecule has 2 fully saturated rings. The van der Waals surface area contributed by atoms with E-state index in [-0.39, 0.29) is 17.9 Å². The van der Waals surface area contributed by atoms with Gasteiger partial charge in [0, 0.05) is 12.5 Å². The Kier molecular flexibility index (Phi) is 6.52. The van der Waals surface area contributed by atoms with Crippen molar-refractivity contribution in [2.75, 3.05) is 19.1 Å². The maximum Gasteiger partial charge on any atom is 0.325 e. The van der Waals surface area contributed by atoms with E-state index in [9.17, 15) is 29.6 Å². The Morgan fingerprint density at radius 2 is 1.64 bits per heavy atom. The number of nitrogens with zero attached hydrogens (tertiary/aromatic N) is 2. The zero-order valence-corrected chi connectivity index (χ0v) is 21.1. The van der Waals surface area contributed by atoms with Crippen LogP contribution in [-0.2, 0) is 20.8 Å². The first kappa shape index (κ1) is 25.9. The van der Waals surface area contributed by atoms with Gasteiger partial charge < -0.3 is 14.6 Å². The molecule has 11 heteroatoms. The number of benzene rings is 3. The first-order chi connectivity index (χ1) is 18.7. The summed E-state index contributed by atoms with van der Waals surface area (Å²) in [6, 6.07) is 18.5. The van der Waals surface area contributed by atoms with Gasteiger partial charge in [-0.15, -0.1) is 0 Å². The number of aliphatic carboxylic acids is 1. The van der Waals surface area contributed by atoms with Crippen LogP contribution in [0.1, 0.15) is 17.2 Å². The fraction of sp³-hybridized carbons (Fsp3) is 0.250. The van der Waals surface area contributed by atoms with Gasteiger partial charge in [0.2, 0.25) is 11.8 Å². The highest BCUT2D eigenvalue weighted by molar-refractivity contribution is 6.25. The lowest BCUT2D eigenvalue weighted by Crippen LogP contribution is -2.57. The van der Waals surface area contributed by atoms with Crippen molar-refractivity contribution in [3.05, 3.63) is 94.0 Å². The topological polar surface area (TPSA) is 148 Å². The molecule has 3 aromatic rings. The predicted molar refractivity (Wildman–Crippen MR) is 139 cm³/mol. The summed E-state index contributed by atoms with van der Waals surface area (Å²) in [6.07, 6.45) is -0.0887. The van der Waals surface area contributed by atoms with Crippen molar-refractivity contribution in [2.24, 2.45) is 11.8 Å². The molecule has 3 aromatic carbocycles. The molecule has 2 saturated heterocycles. The smallest absolute Gasteiger partial charge is 0.325 e. The number of anilines is 1. The molecular formula is C28H25N3O8. The molecule has 0 saturated carbocycles. The predicted octanol–water partition coefficient (Wildman–Crippen LogP) is 3.13. The summed E-state index contributed by atoms with van der Waals surface area (Å²) in [4.78, 5) is 53.0. The second-order valence-electron chi connectivity index (χ2n) is 9.46. The molecule has 2 aliphatic rings. The quantitative estimate of drug-likeness (QED) is 0.254. The van der Waals surface area contributed by atoms with Gasteiger partial charge in [0.15, 0.2) is 0 Å². The number of nitrogens with one attached hydrogen (secondary N) is 1. The van der Waals surface area contributed by atoms with Crippen LogP contribution in [0.4, 0.5) is 11.4 Å². The third-order valence-corrected chi connectivity index (χ3v) is 7.46. The van der Waals surface area contributed by atoms with E-state index >= 15 is 0 Å². The monoisotopic (exact) mass is 531 g/mol. The van der Waals surface area contributed by atoms with Crippen molar-refractivity contribution in [3.63, 3.8) is 0 Å². The van der Waals surface area contributed by atoms with Gasteiger partial charge in [-0.2, -0.15) is 0 Å². The van der Waals surface area contributed by atoms with Gasteiger partial charge in [-0.25, -0.2) is 4.90 Å². The highest BCUT2D eigenvalue weighted by atomic mass is 16.6. The van der Waals surface area contributed by atoms with Crippen LogP contribution in [0, 0.1) is 22.0 Å². The van der Waals surface area contributed by atoms with Crippen molar-refractivity contribution in [3.8, 4) is 11.5 Å². The maximum absolute atomic E-state index is 14.0. The van der Waals surface area contributed by atoms with Crippen molar-refractivity contribution in [2.45, 2.75) is 18.0 Å². The molecule has 2 N–H and O–H groups in total. The van der Waals surface area contributed by atoms with E-state index in [4.69, 9.17) is 9.47 Å². The van der Waals surface area contributed by atoms with Crippen LogP contribution in [0.25, 0.3) is 0 Å². The van der Waals surface area contributed by atoms with E-state index in [1.165, 1.54) is 26.4 Å². The third kappa shape index (κ3) is 4.16. The number of carbonyl (C=O) groups is 3. The molecule has 0 spiro atoms. The molecule has 2 heterocycles. The number of nitro groups is 1. The standard InChI is InChI=1S/C28H25N3O8/c1-38-18-10-8-17(9-11-18)24-22-23(28(29-24,27(34)35)15-16-6-4-3-5-7-16)26(33)30(25(22)32)20-13-12-19(39-2)14-21(20)31(36)37/h3-14,22-24,29H,15H2,1-2H3,(H,34,35)/t22-,23-,24-,28-/m0/s1. The first-order valence-corrected chi connectivity index (χ1v) is 12.1. The minimum atomic E-state index is -1.86. The molecule has 200 valence electrons. The summed E-state index contributed by atoms with van der Waals surface area (Å²) in [5, 5.41) is 25.6. The zero-order valence-electron chi connectivity index (χ0n) is 21.1. The molecule has 0 aromatic heterocycles. The van der Waals surface area contributed by atoms with Gasteiger partial charge in [0.05, 0.1) is 37.0 Å². The van der Waals surface area contributed by atoms with Gasteiger partial charge in [0.1, 0.15) is 22.7 Å². The summed E-state index contributed by atoms with van der Waals surface area (Å²) in [5.74, 6) is -4.57. The third-order valence-electron chi connectivity index (χ3n) is 7.46. The number of hydrogen-bond donors (Lipinski definition) is 2. The fourth-order valence-electron chi connectivity index (χ4n) is 5.66. The number of carboxylic acid groups (broad SMARTS) is 1. The number of carbonyl (C=O) groups excluding carboxylic acids is 2. The summed E-state index contributed by atoms with van der Waals surface area (Å²) >= 11 is 0. The van der Waals surface area contributed by atoms with Crippen LogP contribution in [0.3, 0.4) is 0 Å². The number of hydrogen-bond acceptors (Lipinski definition) is 8. The maximum atomic E-state index is 14.0. The second-order valence-corrected chi connectivity index (χ2v) is 9.46. The molecule has 0 aliphatic carbocycles. The Morgan fingerprint density at radius 1 is 1.00 bits per heavy atom. The van der Waals surface area contributed by atoms with E-state index in [1.54, 1.807) is 54.6 Å². The summed E-state index contributed by atoms with van der Waals surface area (Å²) in [6.45, 7) is 0. The second kappa shape index (κ2) is 9.84.